The van der Waals surface area contributed by atoms with Gasteiger partial charge in [0.1, 0.15) is 0 Å². The second-order valence-electron chi connectivity index (χ2n) is 6.53. The summed E-state index contributed by atoms with van der Waals surface area (Å²) < 4.78 is 26.0. The van der Waals surface area contributed by atoms with E-state index in [-0.39, 0.29) is 17.5 Å². The van der Waals surface area contributed by atoms with Crippen LogP contribution in [0.1, 0.15) is 16.7 Å². The number of carbonyl (C=O) groups is 1. The molecule has 0 atom stereocenters. The summed E-state index contributed by atoms with van der Waals surface area (Å²) in [7, 11) is -2.14. The SMILES string of the molecule is CNS(=O)(=O)c1cccc(CNC(=O)NCCc2c[nH]c3cccc(C)c23)c1. The standard InChI is InChI=1S/C20H24N4O3S/c1-14-5-3-8-18-19(14)16(13-23-18)9-10-22-20(25)24-12-15-6-4-7-17(11-15)28(26,27)21-2/h3-8,11,13,21,23H,9-10,12H2,1-2H3,(H2,22,24,25). The molecule has 0 aliphatic rings. The van der Waals surface area contributed by atoms with Crippen LogP contribution in [0.3, 0.4) is 0 Å². The average molecular weight is 401 g/mol. The highest BCUT2D eigenvalue weighted by Crippen LogP contribution is 2.22. The van der Waals surface area contributed by atoms with Gasteiger partial charge in [-0.15, -0.1) is 0 Å². The van der Waals surface area contributed by atoms with Crippen LogP contribution in [-0.4, -0.2) is 33.0 Å². The number of hydrogen-bond acceptors (Lipinski definition) is 3. The van der Waals surface area contributed by atoms with E-state index < -0.39 is 10.0 Å². The summed E-state index contributed by atoms with van der Waals surface area (Å²) in [5, 5.41) is 6.79. The maximum atomic E-state index is 12.1. The minimum absolute atomic E-state index is 0.171. The fourth-order valence-electron chi connectivity index (χ4n) is 3.14. The molecule has 0 spiro atoms. The van der Waals surface area contributed by atoms with Crippen LogP contribution < -0.4 is 15.4 Å². The maximum absolute atomic E-state index is 12.1. The van der Waals surface area contributed by atoms with E-state index in [0.29, 0.717) is 18.5 Å². The van der Waals surface area contributed by atoms with Crippen LogP contribution in [0, 0.1) is 6.92 Å². The van der Waals surface area contributed by atoms with Gasteiger partial charge in [-0.05, 0) is 55.3 Å². The predicted molar refractivity (Wildman–Crippen MR) is 110 cm³/mol. The Bertz CT molecular complexity index is 1090. The van der Waals surface area contributed by atoms with Gasteiger partial charge in [-0.1, -0.05) is 24.3 Å². The molecule has 0 saturated heterocycles. The Hall–Kier alpha value is -2.84. The van der Waals surface area contributed by atoms with Crippen molar-refractivity contribution < 1.29 is 13.2 Å². The van der Waals surface area contributed by atoms with Crippen LogP contribution >= 0.6 is 0 Å². The quantitative estimate of drug-likeness (QED) is 0.490. The van der Waals surface area contributed by atoms with Gasteiger partial charge in [0.2, 0.25) is 10.0 Å². The molecular formula is C20H24N4O3S. The van der Waals surface area contributed by atoms with E-state index in [1.807, 2.05) is 18.3 Å². The number of hydrogen-bond donors (Lipinski definition) is 4. The molecule has 1 aromatic heterocycles. The van der Waals surface area contributed by atoms with Crippen molar-refractivity contribution in [3.05, 3.63) is 65.4 Å². The van der Waals surface area contributed by atoms with Gasteiger partial charge in [0, 0.05) is 30.2 Å². The van der Waals surface area contributed by atoms with E-state index in [9.17, 15) is 13.2 Å². The molecule has 3 aromatic rings. The molecule has 0 fully saturated rings. The second-order valence-corrected chi connectivity index (χ2v) is 8.41. The van der Waals surface area contributed by atoms with Gasteiger partial charge < -0.3 is 15.6 Å². The van der Waals surface area contributed by atoms with Gasteiger partial charge in [-0.25, -0.2) is 17.9 Å². The van der Waals surface area contributed by atoms with Crippen molar-refractivity contribution in [3.63, 3.8) is 0 Å². The van der Waals surface area contributed by atoms with E-state index in [2.05, 4.69) is 33.3 Å². The number of aromatic nitrogens is 1. The van der Waals surface area contributed by atoms with E-state index >= 15 is 0 Å². The van der Waals surface area contributed by atoms with E-state index in [1.54, 1.807) is 18.2 Å². The molecule has 0 aliphatic carbocycles. The molecule has 7 nitrogen and oxygen atoms in total. The molecular weight excluding hydrogens is 376 g/mol. The molecule has 1 heterocycles. The summed E-state index contributed by atoms with van der Waals surface area (Å²) >= 11 is 0. The number of H-pyrrole nitrogens is 1. The fraction of sp³-hybridized carbons (Fsp3) is 0.250. The van der Waals surface area contributed by atoms with Gasteiger partial charge in [0.05, 0.1) is 4.90 Å². The van der Waals surface area contributed by atoms with Crippen LogP contribution in [0.5, 0.6) is 0 Å². The van der Waals surface area contributed by atoms with Crippen molar-refractivity contribution in [2.75, 3.05) is 13.6 Å². The first kappa shape index (κ1) is 19.9. The third-order valence-corrected chi connectivity index (χ3v) is 6.02. The summed E-state index contributed by atoms with van der Waals surface area (Å²) in [6.45, 7) is 2.81. The highest BCUT2D eigenvalue weighted by Gasteiger charge is 2.12. The lowest BCUT2D eigenvalue weighted by molar-refractivity contribution is 0.240. The number of urea groups is 1. The van der Waals surface area contributed by atoms with Gasteiger partial charge in [0.25, 0.3) is 0 Å². The number of rotatable bonds is 7. The minimum atomic E-state index is -3.50. The summed E-state index contributed by atoms with van der Waals surface area (Å²) in [6.07, 6.45) is 2.69. The molecule has 148 valence electrons. The zero-order valence-corrected chi connectivity index (χ0v) is 16.7. The van der Waals surface area contributed by atoms with Gasteiger partial charge in [-0.3, -0.25) is 0 Å². The van der Waals surface area contributed by atoms with Crippen LogP contribution in [0.4, 0.5) is 4.79 Å². The zero-order valence-electron chi connectivity index (χ0n) is 15.9. The van der Waals surface area contributed by atoms with Crippen molar-refractivity contribution in [1.29, 1.82) is 0 Å². The maximum Gasteiger partial charge on any atom is 0.315 e. The van der Waals surface area contributed by atoms with Gasteiger partial charge in [0.15, 0.2) is 0 Å². The number of aromatic amines is 1. The monoisotopic (exact) mass is 400 g/mol. The van der Waals surface area contributed by atoms with Gasteiger partial charge in [-0.2, -0.15) is 0 Å². The van der Waals surface area contributed by atoms with Crippen LogP contribution in [0.2, 0.25) is 0 Å². The largest absolute Gasteiger partial charge is 0.361 e. The van der Waals surface area contributed by atoms with Crippen LogP contribution in [-0.2, 0) is 23.0 Å². The third-order valence-electron chi connectivity index (χ3n) is 4.61. The summed E-state index contributed by atoms with van der Waals surface area (Å²) in [4.78, 5) is 15.5. The van der Waals surface area contributed by atoms with Crippen LogP contribution in [0.15, 0.2) is 53.6 Å². The smallest absolute Gasteiger partial charge is 0.315 e. The molecule has 0 saturated carbocycles. The van der Waals surface area contributed by atoms with Crippen molar-refractivity contribution in [3.8, 4) is 0 Å². The highest BCUT2D eigenvalue weighted by molar-refractivity contribution is 7.89. The molecule has 0 bridgehead atoms. The Morgan fingerprint density at radius 1 is 1.11 bits per heavy atom. The Labute approximate surface area is 164 Å². The Morgan fingerprint density at radius 2 is 1.89 bits per heavy atom. The number of amides is 2. The Balaban J connectivity index is 1.52. The normalized spacial score (nSPS) is 11.5. The number of sulfonamides is 1. The number of nitrogens with one attached hydrogen (secondary N) is 4. The van der Waals surface area contributed by atoms with Gasteiger partial charge >= 0.3 is 6.03 Å². The molecule has 2 amide bonds. The second kappa shape index (κ2) is 8.45. The first-order valence-electron chi connectivity index (χ1n) is 9.00. The molecule has 0 aliphatic heterocycles. The highest BCUT2D eigenvalue weighted by atomic mass is 32.2. The molecule has 4 N–H and O–H groups in total. The van der Waals surface area contributed by atoms with Crippen molar-refractivity contribution in [1.82, 2.24) is 20.3 Å². The summed E-state index contributed by atoms with van der Waals surface area (Å²) in [5.41, 5.74) is 4.17. The first-order valence-corrected chi connectivity index (χ1v) is 10.5. The molecule has 3 rings (SSSR count). The number of fused-ring (bicyclic) bond motifs is 1. The van der Waals surface area contributed by atoms with Crippen LogP contribution in [0.25, 0.3) is 10.9 Å². The fourth-order valence-corrected chi connectivity index (χ4v) is 3.94. The van der Waals surface area contributed by atoms with E-state index in [0.717, 1.165) is 5.52 Å². The number of aryl methyl sites for hydroxylation is 1. The summed E-state index contributed by atoms with van der Waals surface area (Å²) in [5.74, 6) is 0. The van der Waals surface area contributed by atoms with Crippen molar-refractivity contribution >= 4 is 27.0 Å². The number of carbonyl (C=O) groups excluding carboxylic acids is 1. The first-order chi connectivity index (χ1) is 13.4. The Kier molecular flexibility index (Phi) is 6.01. The minimum Gasteiger partial charge on any atom is -0.361 e. The molecule has 8 heteroatoms. The predicted octanol–water partition coefficient (Wildman–Crippen LogP) is 2.43. The average Bonchev–Trinajstić information content (AvgIpc) is 3.11. The lowest BCUT2D eigenvalue weighted by Crippen LogP contribution is -2.36. The Morgan fingerprint density at radius 3 is 2.68 bits per heavy atom. The third kappa shape index (κ3) is 4.52. The molecule has 0 unspecified atom stereocenters. The molecule has 28 heavy (non-hydrogen) atoms. The lowest BCUT2D eigenvalue weighted by Gasteiger charge is -2.09. The van der Waals surface area contributed by atoms with Crippen molar-refractivity contribution in [2.45, 2.75) is 24.8 Å². The molecule has 2 aromatic carbocycles. The lowest BCUT2D eigenvalue weighted by atomic mass is 10.1. The summed E-state index contributed by atoms with van der Waals surface area (Å²) in [6, 6.07) is 12.3. The van der Waals surface area contributed by atoms with Crippen molar-refractivity contribution in [2.24, 2.45) is 0 Å². The van der Waals surface area contributed by atoms with E-state index in [1.165, 1.54) is 29.6 Å². The van der Waals surface area contributed by atoms with E-state index in [4.69, 9.17) is 0 Å². The zero-order chi connectivity index (χ0) is 20.1. The number of benzene rings is 2. The topological polar surface area (TPSA) is 103 Å². The molecule has 0 radical (unpaired) electrons.